The summed E-state index contributed by atoms with van der Waals surface area (Å²) in [7, 11) is 0. The van der Waals surface area contributed by atoms with E-state index in [1.165, 1.54) is 16.5 Å². The second kappa shape index (κ2) is 3.91. The number of benzene rings is 1. The fourth-order valence-corrected chi connectivity index (χ4v) is 3.21. The van der Waals surface area contributed by atoms with Crippen molar-refractivity contribution in [2.75, 3.05) is 6.54 Å². The Morgan fingerprint density at radius 2 is 2.27 bits per heavy atom. The van der Waals surface area contributed by atoms with Gasteiger partial charge in [0.2, 0.25) is 0 Å². The van der Waals surface area contributed by atoms with Crippen LogP contribution in [-0.4, -0.2) is 6.54 Å². The van der Waals surface area contributed by atoms with Gasteiger partial charge in [0.1, 0.15) is 0 Å². The maximum atomic E-state index is 5.81. The van der Waals surface area contributed by atoms with Gasteiger partial charge in [0.05, 0.1) is 0 Å². The van der Waals surface area contributed by atoms with Crippen LogP contribution in [0.1, 0.15) is 25.8 Å². The summed E-state index contributed by atoms with van der Waals surface area (Å²) in [6.45, 7) is 5.41. The van der Waals surface area contributed by atoms with E-state index in [1.807, 2.05) is 0 Å². The maximum Gasteiger partial charge on any atom is 0.0178 e. The molecule has 1 aliphatic carbocycles. The van der Waals surface area contributed by atoms with Crippen molar-refractivity contribution in [1.82, 2.24) is 0 Å². The summed E-state index contributed by atoms with van der Waals surface area (Å²) >= 11 is 3.54. The minimum Gasteiger partial charge on any atom is -0.330 e. The van der Waals surface area contributed by atoms with E-state index in [0.29, 0.717) is 17.3 Å². The molecule has 0 saturated heterocycles. The fourth-order valence-electron chi connectivity index (χ4n) is 2.81. The Hall–Kier alpha value is -0.340. The Morgan fingerprint density at radius 3 is 2.73 bits per heavy atom. The lowest BCUT2D eigenvalue weighted by Crippen LogP contribution is -2.21. The van der Waals surface area contributed by atoms with Gasteiger partial charge in [-0.15, -0.1) is 0 Å². The van der Waals surface area contributed by atoms with Gasteiger partial charge < -0.3 is 5.73 Å². The molecule has 2 atom stereocenters. The van der Waals surface area contributed by atoms with E-state index in [4.69, 9.17) is 5.73 Å². The highest BCUT2D eigenvalue weighted by Crippen LogP contribution is 2.58. The van der Waals surface area contributed by atoms with Crippen molar-refractivity contribution >= 4 is 15.9 Å². The molecule has 0 bridgehead atoms. The number of rotatable bonds is 3. The second-order valence-corrected chi connectivity index (χ2v) is 5.76. The molecule has 2 heteroatoms. The summed E-state index contributed by atoms with van der Waals surface area (Å²) in [6.07, 6.45) is 1.25. The molecular formula is C13H18BrN. The van der Waals surface area contributed by atoms with Gasteiger partial charge in [-0.25, -0.2) is 0 Å². The largest absolute Gasteiger partial charge is 0.330 e. The molecule has 1 nitrogen and oxygen atoms in total. The van der Waals surface area contributed by atoms with Gasteiger partial charge in [-0.05, 0) is 42.5 Å². The molecule has 0 radical (unpaired) electrons. The van der Waals surface area contributed by atoms with Crippen LogP contribution >= 0.6 is 15.9 Å². The van der Waals surface area contributed by atoms with Crippen LogP contribution in [0.2, 0.25) is 0 Å². The minimum atomic E-state index is 0.346. The Bertz CT molecular complexity index is 361. The fraction of sp³-hybridized carbons (Fsp3) is 0.538. The van der Waals surface area contributed by atoms with Gasteiger partial charge in [-0.2, -0.15) is 0 Å². The molecule has 1 saturated carbocycles. The average Bonchev–Trinajstić information content (AvgIpc) is 2.93. The Labute approximate surface area is 100 Å². The number of halogens is 1. The Balaban J connectivity index is 2.36. The summed E-state index contributed by atoms with van der Waals surface area (Å²) < 4.78 is 1.17. The van der Waals surface area contributed by atoms with Crippen molar-refractivity contribution in [3.8, 4) is 0 Å². The van der Waals surface area contributed by atoms with Gasteiger partial charge in [-0.1, -0.05) is 41.9 Å². The van der Waals surface area contributed by atoms with Crippen molar-refractivity contribution in [2.24, 2.45) is 17.6 Å². The van der Waals surface area contributed by atoms with Crippen LogP contribution in [0, 0.1) is 11.8 Å². The predicted octanol–water partition coefficient (Wildman–Crippen LogP) is 3.32. The number of hydrogen-bond acceptors (Lipinski definition) is 1. The summed E-state index contributed by atoms with van der Waals surface area (Å²) in [5.41, 5.74) is 7.60. The van der Waals surface area contributed by atoms with E-state index in [0.717, 1.165) is 6.54 Å². The van der Waals surface area contributed by atoms with Gasteiger partial charge in [0.25, 0.3) is 0 Å². The standard InChI is InChI=1S/C13H18BrN/c1-9(2)13(7-11(13)8-15)10-4-3-5-12(14)6-10/h3-6,9,11H,7-8,15H2,1-2H3/t11-,13?/m0/s1. The molecule has 1 aromatic carbocycles. The molecule has 0 amide bonds. The van der Waals surface area contributed by atoms with Crippen molar-refractivity contribution in [2.45, 2.75) is 25.7 Å². The maximum absolute atomic E-state index is 5.81. The van der Waals surface area contributed by atoms with E-state index >= 15 is 0 Å². The molecule has 15 heavy (non-hydrogen) atoms. The van der Waals surface area contributed by atoms with Crippen LogP contribution in [0.15, 0.2) is 28.7 Å². The molecule has 1 unspecified atom stereocenters. The van der Waals surface area contributed by atoms with E-state index in [2.05, 4.69) is 54.0 Å². The first kappa shape index (κ1) is 11.2. The first-order valence-electron chi connectivity index (χ1n) is 5.57. The molecule has 2 rings (SSSR count). The lowest BCUT2D eigenvalue weighted by Gasteiger charge is -2.22. The highest BCUT2D eigenvalue weighted by Gasteiger charge is 2.56. The third kappa shape index (κ3) is 1.74. The molecule has 2 N–H and O–H groups in total. The van der Waals surface area contributed by atoms with Crippen molar-refractivity contribution in [1.29, 1.82) is 0 Å². The van der Waals surface area contributed by atoms with Crippen LogP contribution in [0.4, 0.5) is 0 Å². The van der Waals surface area contributed by atoms with E-state index in [-0.39, 0.29) is 0 Å². The first-order valence-corrected chi connectivity index (χ1v) is 6.36. The molecule has 1 aromatic rings. The van der Waals surface area contributed by atoms with Crippen LogP contribution in [0.3, 0.4) is 0 Å². The van der Waals surface area contributed by atoms with Gasteiger partial charge in [0.15, 0.2) is 0 Å². The summed E-state index contributed by atoms with van der Waals surface area (Å²) in [5, 5.41) is 0. The van der Waals surface area contributed by atoms with Crippen LogP contribution in [-0.2, 0) is 5.41 Å². The molecule has 0 heterocycles. The van der Waals surface area contributed by atoms with Gasteiger partial charge >= 0.3 is 0 Å². The molecule has 1 fully saturated rings. The van der Waals surface area contributed by atoms with Gasteiger partial charge in [-0.3, -0.25) is 0 Å². The number of hydrogen-bond donors (Lipinski definition) is 1. The SMILES string of the molecule is CC(C)C1(c2cccc(Br)c2)C[C@H]1CN. The molecule has 0 aliphatic heterocycles. The Morgan fingerprint density at radius 1 is 1.53 bits per heavy atom. The van der Waals surface area contributed by atoms with Crippen molar-refractivity contribution < 1.29 is 0 Å². The van der Waals surface area contributed by atoms with Crippen LogP contribution in [0.25, 0.3) is 0 Å². The highest BCUT2D eigenvalue weighted by molar-refractivity contribution is 9.10. The quantitative estimate of drug-likeness (QED) is 0.894. The van der Waals surface area contributed by atoms with Crippen LogP contribution < -0.4 is 5.73 Å². The van der Waals surface area contributed by atoms with Gasteiger partial charge in [0, 0.05) is 9.89 Å². The summed E-state index contributed by atoms with van der Waals surface area (Å²) in [5.74, 6) is 1.34. The smallest absolute Gasteiger partial charge is 0.0178 e. The third-order valence-corrected chi connectivity index (χ3v) is 4.32. The minimum absolute atomic E-state index is 0.346. The van der Waals surface area contributed by atoms with Crippen molar-refractivity contribution in [3.63, 3.8) is 0 Å². The topological polar surface area (TPSA) is 26.0 Å². The monoisotopic (exact) mass is 267 g/mol. The molecule has 0 aromatic heterocycles. The van der Waals surface area contributed by atoms with Crippen molar-refractivity contribution in [3.05, 3.63) is 34.3 Å². The second-order valence-electron chi connectivity index (χ2n) is 4.84. The lowest BCUT2D eigenvalue weighted by atomic mass is 9.83. The first-order chi connectivity index (χ1) is 7.11. The highest BCUT2D eigenvalue weighted by atomic mass is 79.9. The molecule has 0 spiro atoms. The van der Waals surface area contributed by atoms with E-state index in [1.54, 1.807) is 0 Å². The third-order valence-electron chi connectivity index (χ3n) is 3.83. The van der Waals surface area contributed by atoms with E-state index in [9.17, 15) is 0 Å². The summed E-state index contributed by atoms with van der Waals surface area (Å²) in [4.78, 5) is 0. The average molecular weight is 268 g/mol. The normalized spacial score (nSPS) is 29.5. The zero-order chi connectivity index (χ0) is 11.1. The summed E-state index contributed by atoms with van der Waals surface area (Å²) in [6, 6.07) is 8.68. The molecular weight excluding hydrogens is 250 g/mol. The Kier molecular flexibility index (Phi) is 2.91. The molecule has 82 valence electrons. The van der Waals surface area contributed by atoms with E-state index < -0.39 is 0 Å². The lowest BCUT2D eigenvalue weighted by molar-refractivity contribution is 0.442. The zero-order valence-corrected chi connectivity index (χ0v) is 10.9. The predicted molar refractivity (Wildman–Crippen MR) is 67.8 cm³/mol. The molecule has 1 aliphatic rings. The number of nitrogens with two attached hydrogens (primary N) is 1. The zero-order valence-electron chi connectivity index (χ0n) is 9.33. The van der Waals surface area contributed by atoms with Crippen LogP contribution in [0.5, 0.6) is 0 Å².